The highest BCUT2D eigenvalue weighted by atomic mass is 32.1. The summed E-state index contributed by atoms with van der Waals surface area (Å²) < 4.78 is 0. The Morgan fingerprint density at radius 2 is 1.77 bits per heavy atom. The summed E-state index contributed by atoms with van der Waals surface area (Å²) in [6, 6.07) is 18.6. The molecule has 1 saturated heterocycles. The number of aryl methyl sites for hydroxylation is 1. The Morgan fingerprint density at radius 3 is 2.43 bits per heavy atom. The van der Waals surface area contributed by atoms with E-state index in [9.17, 15) is 4.79 Å². The summed E-state index contributed by atoms with van der Waals surface area (Å²) in [5, 5.41) is 3.14. The number of nitrogens with zero attached hydrogens (tertiary/aromatic N) is 3. The fourth-order valence-corrected chi connectivity index (χ4v) is 4.28. The third-order valence-electron chi connectivity index (χ3n) is 5.42. The van der Waals surface area contributed by atoms with Crippen LogP contribution in [0.3, 0.4) is 0 Å². The molecule has 0 N–H and O–H groups in total. The standard InChI is InChI=1S/C25H27N3OS/c1-20-26-24(19-30-20)23-11-9-22(10-12-23)18-25(29)28-16-14-27(15-17-28)13-5-8-21-6-3-2-4-7-21/h2-12,19H,13-18H2,1H3. The van der Waals surface area contributed by atoms with Gasteiger partial charge in [-0.15, -0.1) is 11.3 Å². The summed E-state index contributed by atoms with van der Waals surface area (Å²) in [5.74, 6) is 0.215. The molecule has 2 heterocycles. The van der Waals surface area contributed by atoms with Crippen LogP contribution in [0.5, 0.6) is 0 Å². The molecule has 0 bridgehead atoms. The third-order valence-corrected chi connectivity index (χ3v) is 6.20. The molecule has 0 atom stereocenters. The van der Waals surface area contributed by atoms with Gasteiger partial charge in [0, 0.05) is 43.7 Å². The Bertz CT molecular complexity index is 987. The smallest absolute Gasteiger partial charge is 0.227 e. The van der Waals surface area contributed by atoms with Crippen molar-refractivity contribution in [3.8, 4) is 11.3 Å². The maximum Gasteiger partial charge on any atom is 0.227 e. The second kappa shape index (κ2) is 9.83. The van der Waals surface area contributed by atoms with E-state index in [4.69, 9.17) is 0 Å². The van der Waals surface area contributed by atoms with Crippen LogP contribution in [0.25, 0.3) is 17.3 Å². The van der Waals surface area contributed by atoms with Crippen molar-refractivity contribution < 1.29 is 4.79 Å². The van der Waals surface area contributed by atoms with Crippen molar-refractivity contribution in [3.63, 3.8) is 0 Å². The highest BCUT2D eigenvalue weighted by Crippen LogP contribution is 2.22. The lowest BCUT2D eigenvalue weighted by Gasteiger charge is -2.34. The van der Waals surface area contributed by atoms with Gasteiger partial charge >= 0.3 is 0 Å². The molecule has 1 aliphatic rings. The molecular formula is C25H27N3OS. The summed E-state index contributed by atoms with van der Waals surface area (Å²) in [6.07, 6.45) is 4.83. The Hall–Kier alpha value is -2.76. The number of thiazole rings is 1. The van der Waals surface area contributed by atoms with Crippen LogP contribution in [0.15, 0.2) is 66.1 Å². The molecule has 1 amide bonds. The first kappa shape index (κ1) is 20.5. The van der Waals surface area contributed by atoms with Gasteiger partial charge in [-0.05, 0) is 18.1 Å². The van der Waals surface area contributed by atoms with Crippen molar-refractivity contribution in [2.75, 3.05) is 32.7 Å². The molecule has 1 aliphatic heterocycles. The van der Waals surface area contributed by atoms with Crippen LogP contribution in [0, 0.1) is 6.92 Å². The number of hydrogen-bond donors (Lipinski definition) is 0. The topological polar surface area (TPSA) is 36.4 Å². The maximum atomic E-state index is 12.7. The number of carbonyl (C=O) groups excluding carboxylic acids is 1. The zero-order valence-corrected chi connectivity index (χ0v) is 18.1. The molecule has 4 nitrogen and oxygen atoms in total. The SMILES string of the molecule is Cc1nc(-c2ccc(CC(=O)N3CCN(CC=Cc4ccccc4)CC3)cc2)cs1. The van der Waals surface area contributed by atoms with E-state index >= 15 is 0 Å². The lowest BCUT2D eigenvalue weighted by molar-refractivity contribution is -0.132. The van der Waals surface area contributed by atoms with Gasteiger partial charge in [0.05, 0.1) is 17.1 Å². The van der Waals surface area contributed by atoms with Gasteiger partial charge in [0.15, 0.2) is 0 Å². The van der Waals surface area contributed by atoms with E-state index in [0.717, 1.165) is 54.6 Å². The average Bonchev–Trinajstić information content (AvgIpc) is 3.22. The van der Waals surface area contributed by atoms with E-state index in [1.807, 2.05) is 30.0 Å². The molecule has 1 aromatic heterocycles. The highest BCUT2D eigenvalue weighted by molar-refractivity contribution is 7.09. The zero-order chi connectivity index (χ0) is 20.8. The van der Waals surface area contributed by atoms with Crippen molar-refractivity contribution >= 4 is 23.3 Å². The number of amides is 1. The van der Waals surface area contributed by atoms with Gasteiger partial charge in [0.1, 0.15) is 0 Å². The Balaban J connectivity index is 1.24. The van der Waals surface area contributed by atoms with Gasteiger partial charge < -0.3 is 4.90 Å². The molecule has 1 fully saturated rings. The first-order chi connectivity index (χ1) is 14.7. The number of rotatable bonds is 6. The van der Waals surface area contributed by atoms with Crippen LogP contribution < -0.4 is 0 Å². The van der Waals surface area contributed by atoms with Gasteiger partial charge in [-0.3, -0.25) is 9.69 Å². The number of benzene rings is 2. The van der Waals surface area contributed by atoms with Crippen molar-refractivity contribution in [1.82, 2.24) is 14.8 Å². The molecule has 0 radical (unpaired) electrons. The van der Waals surface area contributed by atoms with E-state index in [1.54, 1.807) is 11.3 Å². The summed E-state index contributed by atoms with van der Waals surface area (Å²) in [5.41, 5.74) is 4.40. The highest BCUT2D eigenvalue weighted by Gasteiger charge is 2.20. The van der Waals surface area contributed by atoms with Crippen LogP contribution in [-0.2, 0) is 11.2 Å². The van der Waals surface area contributed by atoms with E-state index in [-0.39, 0.29) is 5.91 Å². The van der Waals surface area contributed by atoms with Gasteiger partial charge in [0.25, 0.3) is 0 Å². The molecule has 4 rings (SSSR count). The fraction of sp³-hybridized carbons (Fsp3) is 0.280. The Kier molecular flexibility index (Phi) is 6.72. The van der Waals surface area contributed by atoms with Gasteiger partial charge in [0.2, 0.25) is 5.91 Å². The average molecular weight is 418 g/mol. The summed E-state index contributed by atoms with van der Waals surface area (Å²) >= 11 is 1.66. The van der Waals surface area contributed by atoms with Crippen LogP contribution in [0.2, 0.25) is 0 Å². The third kappa shape index (κ3) is 5.43. The van der Waals surface area contributed by atoms with Crippen LogP contribution in [0.4, 0.5) is 0 Å². The molecule has 2 aromatic carbocycles. The normalized spacial score (nSPS) is 15.0. The largest absolute Gasteiger partial charge is 0.340 e. The number of aromatic nitrogens is 1. The predicted molar refractivity (Wildman–Crippen MR) is 124 cm³/mol. The van der Waals surface area contributed by atoms with E-state index in [0.29, 0.717) is 6.42 Å². The molecular weight excluding hydrogens is 390 g/mol. The molecule has 0 aliphatic carbocycles. The van der Waals surface area contributed by atoms with Crippen LogP contribution >= 0.6 is 11.3 Å². The van der Waals surface area contributed by atoms with E-state index < -0.39 is 0 Å². The maximum absolute atomic E-state index is 12.7. The molecule has 30 heavy (non-hydrogen) atoms. The second-order valence-corrected chi connectivity index (χ2v) is 8.68. The van der Waals surface area contributed by atoms with Gasteiger partial charge in [-0.2, -0.15) is 0 Å². The van der Waals surface area contributed by atoms with Crippen molar-refractivity contribution in [3.05, 3.63) is 82.2 Å². The molecule has 0 unspecified atom stereocenters. The van der Waals surface area contributed by atoms with Crippen molar-refractivity contribution in [2.45, 2.75) is 13.3 Å². The monoisotopic (exact) mass is 417 g/mol. The van der Waals surface area contributed by atoms with Crippen molar-refractivity contribution in [2.24, 2.45) is 0 Å². The van der Waals surface area contributed by atoms with E-state index in [2.05, 4.69) is 63.8 Å². The van der Waals surface area contributed by atoms with Crippen molar-refractivity contribution in [1.29, 1.82) is 0 Å². The minimum atomic E-state index is 0.215. The van der Waals surface area contributed by atoms with Gasteiger partial charge in [-0.1, -0.05) is 66.7 Å². The quantitative estimate of drug-likeness (QED) is 0.592. The zero-order valence-electron chi connectivity index (χ0n) is 17.3. The molecule has 3 aromatic rings. The number of piperazine rings is 1. The predicted octanol–water partition coefficient (Wildman–Crippen LogP) is 4.52. The lowest BCUT2D eigenvalue weighted by Crippen LogP contribution is -2.49. The minimum absolute atomic E-state index is 0.215. The minimum Gasteiger partial charge on any atom is -0.340 e. The number of carbonyl (C=O) groups is 1. The molecule has 5 heteroatoms. The van der Waals surface area contributed by atoms with E-state index in [1.165, 1.54) is 5.56 Å². The van der Waals surface area contributed by atoms with Crippen LogP contribution in [-0.4, -0.2) is 53.4 Å². The fourth-order valence-electron chi connectivity index (χ4n) is 3.66. The Labute approximate surface area is 182 Å². The van der Waals surface area contributed by atoms with Crippen LogP contribution in [0.1, 0.15) is 16.1 Å². The second-order valence-electron chi connectivity index (χ2n) is 7.62. The molecule has 0 spiro atoms. The molecule has 0 saturated carbocycles. The van der Waals surface area contributed by atoms with Gasteiger partial charge in [-0.25, -0.2) is 4.98 Å². The summed E-state index contributed by atoms with van der Waals surface area (Å²) in [6.45, 7) is 6.39. The molecule has 154 valence electrons. The first-order valence-electron chi connectivity index (χ1n) is 10.4. The first-order valence-corrected chi connectivity index (χ1v) is 11.3. The Morgan fingerprint density at radius 1 is 1.03 bits per heavy atom. The summed E-state index contributed by atoms with van der Waals surface area (Å²) in [4.78, 5) is 21.6. The number of hydrogen-bond acceptors (Lipinski definition) is 4. The lowest BCUT2D eigenvalue weighted by atomic mass is 10.1. The summed E-state index contributed by atoms with van der Waals surface area (Å²) in [7, 11) is 0.